The molecule has 0 aliphatic carbocycles. The molecule has 1 saturated heterocycles. The third-order valence-electron chi connectivity index (χ3n) is 12.3. The summed E-state index contributed by atoms with van der Waals surface area (Å²) in [6.45, 7) is 22.1. The molecule has 2 aliphatic heterocycles. The lowest BCUT2D eigenvalue weighted by molar-refractivity contribution is -0.186. The Labute approximate surface area is 456 Å². The molecule has 1 fully saturated rings. The van der Waals surface area contributed by atoms with Gasteiger partial charge in [-0.15, -0.1) is 4.37 Å². The maximum atomic E-state index is 13.3. The molecule has 5 atom stereocenters. The van der Waals surface area contributed by atoms with E-state index in [-0.39, 0.29) is 42.2 Å². The van der Waals surface area contributed by atoms with E-state index in [1.54, 1.807) is 25.1 Å². The van der Waals surface area contributed by atoms with Gasteiger partial charge in [0, 0.05) is 61.3 Å². The van der Waals surface area contributed by atoms with Crippen molar-refractivity contribution in [2.75, 3.05) is 75.9 Å². The number of morpholine rings is 1. The highest BCUT2D eigenvalue weighted by Gasteiger charge is 2.34. The maximum Gasteiger partial charge on any atom is 0.347 e. The molecule has 3 aromatic rings. The molecule has 0 saturated carbocycles. The van der Waals surface area contributed by atoms with Gasteiger partial charge in [0.2, 0.25) is 11.7 Å². The van der Waals surface area contributed by atoms with Crippen molar-refractivity contribution in [2.45, 2.75) is 125 Å². The molecule has 3 N–H and O–H groups in total. The number of nitrogens with one attached hydrogen (secondary N) is 3. The first-order valence-electron chi connectivity index (χ1n) is 25.5. The number of aromatic nitrogens is 3. The number of amides is 3. The molecule has 426 valence electrons. The minimum absolute atomic E-state index is 0.0767. The monoisotopic (exact) mass is 1110 g/mol. The molecule has 4 unspecified atom stereocenters. The minimum atomic E-state index is -1.60. The highest BCUT2D eigenvalue weighted by atomic mass is 32.1. The van der Waals surface area contributed by atoms with Crippen molar-refractivity contribution < 1.29 is 81.0 Å². The Morgan fingerprint density at radius 2 is 1.42 bits per heavy atom. The number of carbonyl (C=O) groups excluding carboxylic acids is 9. The van der Waals surface area contributed by atoms with E-state index in [1.165, 1.54) is 37.8 Å². The summed E-state index contributed by atoms with van der Waals surface area (Å²) in [5.41, 5.74) is 2.02. The van der Waals surface area contributed by atoms with E-state index >= 15 is 0 Å². The summed E-state index contributed by atoms with van der Waals surface area (Å²) in [6, 6.07) is 6.14. The van der Waals surface area contributed by atoms with Crippen molar-refractivity contribution in [1.29, 1.82) is 0 Å². The second-order valence-electron chi connectivity index (χ2n) is 19.3. The molecular weight excluding hydrogens is 1040 g/mol. The number of benzene rings is 1. The van der Waals surface area contributed by atoms with E-state index in [0.29, 0.717) is 73.4 Å². The Morgan fingerprint density at radius 1 is 0.833 bits per heavy atom. The third-order valence-corrected chi connectivity index (χ3v) is 12.8. The van der Waals surface area contributed by atoms with Gasteiger partial charge in [0.25, 0.3) is 17.7 Å². The van der Waals surface area contributed by atoms with Gasteiger partial charge in [-0.25, -0.2) is 19.2 Å². The molecule has 78 heavy (non-hydrogen) atoms. The Kier molecular flexibility index (Phi) is 22.2. The van der Waals surface area contributed by atoms with Crippen LogP contribution in [0.15, 0.2) is 24.3 Å². The first-order chi connectivity index (χ1) is 36.9. The predicted molar refractivity (Wildman–Crippen MR) is 281 cm³/mol. The number of fused-ring (bicyclic) bond motifs is 1. The molecule has 0 spiro atoms. The van der Waals surface area contributed by atoms with Crippen molar-refractivity contribution in [2.24, 2.45) is 0 Å². The van der Waals surface area contributed by atoms with Crippen LogP contribution in [0, 0.1) is 6.92 Å². The van der Waals surface area contributed by atoms with Crippen LogP contribution in [0.5, 0.6) is 11.6 Å². The van der Waals surface area contributed by atoms with E-state index in [0.717, 1.165) is 38.7 Å². The SMILES string of the molecule is CCN(CC)CCNC(=O)c1cc(/C=C2\C(=O)Nc3ccc(OC(=O)CCC(=O)OC(C)C(=O)OC(C)C(=O)OC(C)C(=O)OC(C)C(=O)O[C@H](COc4nsnc4N4CCOCC4)CN(C(C)=O)C(C)(C)C)cc32)[nH]c1C. The number of hydrogen-bond donors (Lipinski definition) is 3. The molecule has 0 bridgehead atoms. The summed E-state index contributed by atoms with van der Waals surface area (Å²) in [4.78, 5) is 125. The van der Waals surface area contributed by atoms with E-state index < -0.39 is 90.6 Å². The number of carbonyl (C=O) groups is 9. The van der Waals surface area contributed by atoms with Crippen molar-refractivity contribution in [3.8, 4) is 11.6 Å². The first-order valence-corrected chi connectivity index (χ1v) is 26.3. The second-order valence-corrected chi connectivity index (χ2v) is 19.8. The van der Waals surface area contributed by atoms with Crippen molar-refractivity contribution in [3.05, 3.63) is 46.8 Å². The van der Waals surface area contributed by atoms with Gasteiger partial charge in [-0.1, -0.05) is 13.8 Å². The molecule has 4 heterocycles. The number of ether oxygens (including phenoxy) is 8. The summed E-state index contributed by atoms with van der Waals surface area (Å²) < 4.78 is 51.7. The average Bonchev–Trinajstić information content (AvgIpc) is 4.11. The molecule has 2 aliphatic rings. The number of esters is 6. The number of rotatable bonds is 26. The topological polar surface area (TPSA) is 303 Å². The van der Waals surface area contributed by atoms with Crippen LogP contribution in [0.25, 0.3) is 11.6 Å². The predicted octanol–water partition coefficient (Wildman–Crippen LogP) is 3.63. The van der Waals surface area contributed by atoms with Gasteiger partial charge in [0.05, 0.1) is 55.5 Å². The quantitative estimate of drug-likeness (QED) is 0.0447. The van der Waals surface area contributed by atoms with Gasteiger partial charge in [-0.05, 0) is 98.8 Å². The van der Waals surface area contributed by atoms with Crippen LogP contribution in [0.1, 0.15) is 109 Å². The van der Waals surface area contributed by atoms with E-state index in [2.05, 4.69) is 29.3 Å². The van der Waals surface area contributed by atoms with Crippen LogP contribution in [0.3, 0.4) is 0 Å². The van der Waals surface area contributed by atoms with E-state index in [4.69, 9.17) is 37.9 Å². The van der Waals surface area contributed by atoms with Crippen LogP contribution < -0.4 is 25.0 Å². The number of H-pyrrole nitrogens is 1. The minimum Gasteiger partial charge on any atom is -0.470 e. The largest absolute Gasteiger partial charge is 0.470 e. The fourth-order valence-electron chi connectivity index (χ4n) is 7.90. The van der Waals surface area contributed by atoms with Gasteiger partial charge in [-0.3, -0.25) is 24.0 Å². The third kappa shape index (κ3) is 17.5. The second kappa shape index (κ2) is 28.3. The smallest absolute Gasteiger partial charge is 0.347 e. The van der Waals surface area contributed by atoms with Gasteiger partial charge < -0.3 is 68.2 Å². The van der Waals surface area contributed by atoms with Crippen molar-refractivity contribution >= 4 is 88.4 Å². The lowest BCUT2D eigenvalue weighted by atomic mass is 10.1. The van der Waals surface area contributed by atoms with Crippen molar-refractivity contribution in [3.63, 3.8) is 0 Å². The lowest BCUT2D eigenvalue weighted by Gasteiger charge is -2.37. The summed E-state index contributed by atoms with van der Waals surface area (Å²) in [6.07, 6.45) is -6.71. The molecule has 5 rings (SSSR count). The highest BCUT2D eigenvalue weighted by molar-refractivity contribution is 6.99. The molecule has 2 aromatic heterocycles. The lowest BCUT2D eigenvalue weighted by Crippen LogP contribution is -2.50. The molecule has 1 aromatic carbocycles. The molecule has 3 amide bonds. The van der Waals surface area contributed by atoms with Crippen LogP contribution in [0.2, 0.25) is 0 Å². The fraction of sp³-hybridized carbons (Fsp3) is 0.558. The number of likely N-dealkylation sites (N-methyl/N-ethyl adjacent to an activating group) is 1. The van der Waals surface area contributed by atoms with Gasteiger partial charge in [0.15, 0.2) is 30.5 Å². The summed E-state index contributed by atoms with van der Waals surface area (Å²) in [5.74, 6) is -6.45. The molecular formula is C52H70N8O17S. The number of hydrogen-bond acceptors (Lipinski definition) is 22. The van der Waals surface area contributed by atoms with Crippen LogP contribution >= 0.6 is 11.7 Å². The van der Waals surface area contributed by atoms with Gasteiger partial charge in [-0.2, -0.15) is 4.37 Å². The van der Waals surface area contributed by atoms with Crippen LogP contribution in [0.4, 0.5) is 11.5 Å². The Bertz CT molecular complexity index is 2690. The number of nitrogens with zero attached hydrogens (tertiary/aromatic N) is 5. The summed E-state index contributed by atoms with van der Waals surface area (Å²) in [5, 5.41) is 5.68. The molecule has 0 radical (unpaired) electrons. The zero-order valence-electron chi connectivity index (χ0n) is 45.8. The zero-order valence-corrected chi connectivity index (χ0v) is 46.7. The van der Waals surface area contributed by atoms with E-state index in [1.807, 2.05) is 39.5 Å². The summed E-state index contributed by atoms with van der Waals surface area (Å²) >= 11 is 0.938. The van der Waals surface area contributed by atoms with Gasteiger partial charge >= 0.3 is 35.8 Å². The molecule has 25 nitrogen and oxygen atoms in total. The fourth-order valence-corrected chi connectivity index (χ4v) is 8.42. The Balaban J connectivity index is 1.06. The normalized spacial score (nSPS) is 15.7. The highest BCUT2D eigenvalue weighted by Crippen LogP contribution is 2.36. The maximum absolute atomic E-state index is 13.3. The van der Waals surface area contributed by atoms with Crippen LogP contribution in [-0.2, 0) is 66.8 Å². The standard InChI is InChI=1S/C52H70N8O17S/c1-12-58(13-2)19-18-53-45(64)38-24-35(54-29(38)3)25-40-39-26-36(14-15-41(39)55-46(40)65)76-43(63)17-16-42(62)72-30(4)48(66)73-31(5)49(67)74-32(6)50(68)75-33(7)51(69)77-37(27-60(34(8)61)52(9,10)11)28-71-47-44(56-78-57-47)59-20-22-70-23-21-59/h14-15,24-26,30-33,37,54H,12-13,16-23,27-28H2,1-11H3,(H,53,64)(H,55,65)/b40-25-/t30?,31?,32?,33?,37-/m0/s1. The summed E-state index contributed by atoms with van der Waals surface area (Å²) in [7, 11) is 0. The Morgan fingerprint density at radius 3 is 2.01 bits per heavy atom. The Hall–Kier alpha value is -7.45. The van der Waals surface area contributed by atoms with Crippen molar-refractivity contribution in [1.82, 2.24) is 28.8 Å². The zero-order chi connectivity index (χ0) is 57.4. The van der Waals surface area contributed by atoms with E-state index in [9.17, 15) is 43.2 Å². The molecule has 26 heteroatoms. The number of anilines is 2. The first kappa shape index (κ1) is 61.4. The van der Waals surface area contributed by atoms with Gasteiger partial charge in [0.1, 0.15) is 12.4 Å². The number of aromatic amines is 1. The van der Waals surface area contributed by atoms with Crippen LogP contribution in [-0.4, -0.2) is 179 Å². The average molecular weight is 1110 g/mol. The number of aryl methyl sites for hydroxylation is 1.